The summed E-state index contributed by atoms with van der Waals surface area (Å²) in [6, 6.07) is 5.22. The first-order valence-corrected chi connectivity index (χ1v) is 6.38. The standard InChI is InChI=1S/C15H13NO4/c1-8-4-9(2-3-13(17)18)6-10(5-8)16-14(19)11-7-12(11)15(16)20/h2-6,11-12H,7H2,1H3,(H,17,18)/b3-2+. The number of hydrogen-bond donors (Lipinski definition) is 1. The van der Waals surface area contributed by atoms with Crippen molar-refractivity contribution in [3.63, 3.8) is 0 Å². The van der Waals surface area contributed by atoms with E-state index in [4.69, 9.17) is 5.11 Å². The number of rotatable bonds is 3. The van der Waals surface area contributed by atoms with Crippen molar-refractivity contribution in [1.29, 1.82) is 0 Å². The zero-order valence-corrected chi connectivity index (χ0v) is 10.9. The molecule has 2 atom stereocenters. The first-order valence-electron chi connectivity index (χ1n) is 6.38. The minimum absolute atomic E-state index is 0.138. The van der Waals surface area contributed by atoms with Crippen LogP contribution in [0, 0.1) is 18.8 Å². The summed E-state index contributed by atoms with van der Waals surface area (Å²) in [6.07, 6.45) is 3.15. The second-order valence-electron chi connectivity index (χ2n) is 5.23. The Balaban J connectivity index is 1.96. The van der Waals surface area contributed by atoms with Crippen molar-refractivity contribution in [2.24, 2.45) is 11.8 Å². The van der Waals surface area contributed by atoms with Crippen molar-refractivity contribution in [3.05, 3.63) is 35.4 Å². The minimum Gasteiger partial charge on any atom is -0.478 e. The van der Waals surface area contributed by atoms with Crippen molar-refractivity contribution in [1.82, 2.24) is 0 Å². The van der Waals surface area contributed by atoms with Gasteiger partial charge in [0.2, 0.25) is 11.8 Å². The maximum atomic E-state index is 12.0. The molecule has 2 aliphatic rings. The van der Waals surface area contributed by atoms with Crippen LogP contribution in [0.1, 0.15) is 17.5 Å². The van der Waals surface area contributed by atoms with E-state index in [1.54, 1.807) is 18.2 Å². The van der Waals surface area contributed by atoms with E-state index in [9.17, 15) is 14.4 Å². The third kappa shape index (κ3) is 2.01. The number of aliphatic carboxylic acids is 1. The summed E-state index contributed by atoms with van der Waals surface area (Å²) in [5, 5.41) is 8.64. The molecular formula is C15H13NO4. The Kier molecular flexibility index (Phi) is 2.71. The largest absolute Gasteiger partial charge is 0.478 e. The Bertz CT molecular complexity index is 642. The maximum Gasteiger partial charge on any atom is 0.328 e. The molecule has 0 spiro atoms. The van der Waals surface area contributed by atoms with Crippen LogP contribution in [0.2, 0.25) is 0 Å². The molecular weight excluding hydrogens is 258 g/mol. The molecule has 1 aromatic rings. The number of anilines is 1. The van der Waals surface area contributed by atoms with E-state index in [0.717, 1.165) is 11.6 Å². The molecule has 1 saturated heterocycles. The third-order valence-electron chi connectivity index (χ3n) is 3.63. The molecule has 5 heteroatoms. The van der Waals surface area contributed by atoms with Crippen molar-refractivity contribution < 1.29 is 19.5 Å². The summed E-state index contributed by atoms with van der Waals surface area (Å²) >= 11 is 0. The second kappa shape index (κ2) is 4.30. The Morgan fingerprint density at radius 2 is 1.90 bits per heavy atom. The number of imide groups is 1. The summed E-state index contributed by atoms with van der Waals surface area (Å²) in [5.41, 5.74) is 2.05. The van der Waals surface area contributed by atoms with Crippen LogP contribution in [0.3, 0.4) is 0 Å². The number of amides is 2. The maximum absolute atomic E-state index is 12.0. The second-order valence-corrected chi connectivity index (χ2v) is 5.23. The fourth-order valence-corrected chi connectivity index (χ4v) is 2.62. The fourth-order valence-electron chi connectivity index (χ4n) is 2.62. The summed E-state index contributed by atoms with van der Waals surface area (Å²) in [7, 11) is 0. The molecule has 1 aromatic carbocycles. The van der Waals surface area contributed by atoms with Gasteiger partial charge in [0.05, 0.1) is 17.5 Å². The van der Waals surface area contributed by atoms with Crippen LogP contribution in [0.5, 0.6) is 0 Å². The van der Waals surface area contributed by atoms with Crippen LogP contribution in [-0.2, 0) is 14.4 Å². The van der Waals surface area contributed by atoms with Gasteiger partial charge in [-0.1, -0.05) is 6.07 Å². The lowest BCUT2D eigenvalue weighted by Crippen LogP contribution is -2.32. The van der Waals surface area contributed by atoms with Crippen molar-refractivity contribution >= 4 is 29.5 Å². The highest BCUT2D eigenvalue weighted by Gasteiger charge is 2.59. The molecule has 0 bridgehead atoms. The number of fused-ring (bicyclic) bond motifs is 1. The molecule has 20 heavy (non-hydrogen) atoms. The molecule has 5 nitrogen and oxygen atoms in total. The zero-order valence-electron chi connectivity index (χ0n) is 10.9. The van der Waals surface area contributed by atoms with E-state index >= 15 is 0 Å². The van der Waals surface area contributed by atoms with E-state index in [1.807, 2.05) is 6.92 Å². The quantitative estimate of drug-likeness (QED) is 0.669. The topological polar surface area (TPSA) is 74.7 Å². The summed E-state index contributed by atoms with van der Waals surface area (Å²) in [5.74, 6) is -1.60. The Morgan fingerprint density at radius 3 is 2.50 bits per heavy atom. The number of carboxylic acids is 1. The van der Waals surface area contributed by atoms with Crippen LogP contribution in [0.15, 0.2) is 24.3 Å². The minimum atomic E-state index is -1.04. The summed E-state index contributed by atoms with van der Waals surface area (Å²) < 4.78 is 0. The van der Waals surface area contributed by atoms with Gasteiger partial charge in [0.15, 0.2) is 0 Å². The monoisotopic (exact) mass is 271 g/mol. The predicted octanol–water partition coefficient (Wildman–Crippen LogP) is 1.60. The van der Waals surface area contributed by atoms with Gasteiger partial charge in [-0.05, 0) is 42.7 Å². The number of carbonyl (C=O) groups is 3. The predicted molar refractivity (Wildman–Crippen MR) is 71.9 cm³/mol. The van der Waals surface area contributed by atoms with Crippen LogP contribution in [0.25, 0.3) is 6.08 Å². The molecule has 2 unspecified atom stereocenters. The first-order chi connectivity index (χ1) is 9.47. The van der Waals surface area contributed by atoms with Gasteiger partial charge < -0.3 is 5.11 Å². The number of carbonyl (C=O) groups excluding carboxylic acids is 2. The van der Waals surface area contributed by atoms with E-state index < -0.39 is 5.97 Å². The van der Waals surface area contributed by atoms with Gasteiger partial charge in [-0.3, -0.25) is 14.5 Å². The zero-order chi connectivity index (χ0) is 14.4. The lowest BCUT2D eigenvalue weighted by molar-refractivity contribution is -0.131. The van der Waals surface area contributed by atoms with Gasteiger partial charge in [-0.2, -0.15) is 0 Å². The lowest BCUT2D eigenvalue weighted by Gasteiger charge is -2.17. The molecule has 0 aromatic heterocycles. The first kappa shape index (κ1) is 12.6. The van der Waals surface area contributed by atoms with E-state index in [-0.39, 0.29) is 23.7 Å². The van der Waals surface area contributed by atoms with Crippen molar-refractivity contribution in [2.75, 3.05) is 4.90 Å². The third-order valence-corrected chi connectivity index (χ3v) is 3.63. The summed E-state index contributed by atoms with van der Waals surface area (Å²) in [6.45, 7) is 1.84. The molecule has 2 fully saturated rings. The highest BCUT2D eigenvalue weighted by atomic mass is 16.4. The molecule has 1 heterocycles. The number of piperidine rings is 1. The van der Waals surface area contributed by atoms with Gasteiger partial charge in [0.25, 0.3) is 0 Å². The molecule has 1 aliphatic heterocycles. The van der Waals surface area contributed by atoms with Gasteiger partial charge in [-0.25, -0.2) is 4.79 Å². The van der Waals surface area contributed by atoms with Gasteiger partial charge in [0.1, 0.15) is 0 Å². The van der Waals surface area contributed by atoms with Crippen LogP contribution in [-0.4, -0.2) is 22.9 Å². The van der Waals surface area contributed by atoms with E-state index in [2.05, 4.69) is 0 Å². The smallest absolute Gasteiger partial charge is 0.328 e. The van der Waals surface area contributed by atoms with Crippen LogP contribution >= 0.6 is 0 Å². The van der Waals surface area contributed by atoms with Gasteiger partial charge in [0, 0.05) is 6.08 Å². The molecule has 2 amide bonds. The van der Waals surface area contributed by atoms with E-state index in [1.165, 1.54) is 11.0 Å². The van der Waals surface area contributed by atoms with Gasteiger partial charge >= 0.3 is 5.97 Å². The van der Waals surface area contributed by atoms with Crippen molar-refractivity contribution in [2.45, 2.75) is 13.3 Å². The molecule has 1 aliphatic carbocycles. The van der Waals surface area contributed by atoms with Crippen molar-refractivity contribution in [3.8, 4) is 0 Å². The fraction of sp³-hybridized carbons (Fsp3) is 0.267. The SMILES string of the molecule is Cc1cc(/C=C/C(=O)O)cc(N2C(=O)C3CC3C2=O)c1. The summed E-state index contributed by atoms with van der Waals surface area (Å²) in [4.78, 5) is 35.9. The van der Waals surface area contributed by atoms with Gasteiger partial charge in [-0.15, -0.1) is 0 Å². The Labute approximate surface area is 115 Å². The molecule has 3 rings (SSSR count). The Morgan fingerprint density at radius 1 is 1.25 bits per heavy atom. The highest BCUT2D eigenvalue weighted by Crippen LogP contribution is 2.48. The highest BCUT2D eigenvalue weighted by molar-refractivity contribution is 6.24. The molecule has 0 radical (unpaired) electrons. The molecule has 1 saturated carbocycles. The van der Waals surface area contributed by atoms with Crippen LogP contribution in [0.4, 0.5) is 5.69 Å². The Hall–Kier alpha value is -2.43. The van der Waals surface area contributed by atoms with E-state index in [0.29, 0.717) is 17.7 Å². The normalized spacial score (nSPS) is 24.4. The number of hydrogen-bond acceptors (Lipinski definition) is 3. The molecule has 102 valence electrons. The number of carboxylic acid groups (broad SMARTS) is 1. The molecule has 1 N–H and O–H groups in total. The number of nitrogens with zero attached hydrogens (tertiary/aromatic N) is 1. The number of aryl methyl sites for hydroxylation is 1. The lowest BCUT2D eigenvalue weighted by atomic mass is 10.1. The average Bonchev–Trinajstić information content (AvgIpc) is 3.11. The number of benzene rings is 1. The average molecular weight is 271 g/mol. The van der Waals surface area contributed by atoms with Crippen LogP contribution < -0.4 is 4.90 Å².